The van der Waals surface area contributed by atoms with E-state index in [9.17, 15) is 43.2 Å². The molecule has 5 atom stereocenters. The Morgan fingerprint density at radius 3 is 0.654 bits per heavy atom. The van der Waals surface area contributed by atoms with Gasteiger partial charge in [-0.15, -0.1) is 0 Å². The number of aliphatic hydroxyl groups excluding tert-OH is 1. The van der Waals surface area contributed by atoms with E-state index >= 15 is 0 Å². The summed E-state index contributed by atoms with van der Waals surface area (Å²) in [7, 11) is -9.93. The average molecular weight is 1520 g/mol. The molecular formula is C85H166O17P2. The molecular weight excluding hydrogens is 1350 g/mol. The third-order valence-corrected chi connectivity index (χ3v) is 21.9. The summed E-state index contributed by atoms with van der Waals surface area (Å²) in [6.45, 7) is 9.67. The number of carbonyl (C=O) groups is 4. The summed E-state index contributed by atoms with van der Waals surface area (Å²) in [5.74, 6) is -0.556. The number of esters is 4. The Labute approximate surface area is 638 Å². The van der Waals surface area contributed by atoms with Crippen LogP contribution < -0.4 is 0 Å². The van der Waals surface area contributed by atoms with Crippen LogP contribution in [0.25, 0.3) is 0 Å². The highest BCUT2D eigenvalue weighted by Crippen LogP contribution is 2.45. The number of hydrogen-bond acceptors (Lipinski definition) is 15. The van der Waals surface area contributed by atoms with Crippen molar-refractivity contribution in [2.24, 2.45) is 11.8 Å². The Kier molecular flexibility index (Phi) is 75.0. The molecule has 0 amide bonds. The number of carbonyl (C=O) groups excluding carboxylic acids is 4. The van der Waals surface area contributed by atoms with Crippen LogP contribution in [0.3, 0.4) is 0 Å². The molecule has 2 unspecified atom stereocenters. The van der Waals surface area contributed by atoms with Gasteiger partial charge in [0.15, 0.2) is 12.2 Å². The highest BCUT2D eigenvalue weighted by molar-refractivity contribution is 7.47. The minimum absolute atomic E-state index is 0.108. The lowest BCUT2D eigenvalue weighted by Gasteiger charge is -2.21. The highest BCUT2D eigenvalue weighted by atomic mass is 31.2. The van der Waals surface area contributed by atoms with E-state index in [1.54, 1.807) is 0 Å². The van der Waals surface area contributed by atoms with E-state index in [1.165, 1.54) is 270 Å². The molecule has 0 fully saturated rings. The molecule has 3 N–H and O–H groups in total. The molecule has 0 spiro atoms. The van der Waals surface area contributed by atoms with Crippen molar-refractivity contribution < 1.29 is 80.2 Å². The van der Waals surface area contributed by atoms with Crippen LogP contribution in [0.15, 0.2) is 0 Å². The Morgan fingerprint density at radius 2 is 0.442 bits per heavy atom. The van der Waals surface area contributed by atoms with Gasteiger partial charge in [0, 0.05) is 25.7 Å². The first kappa shape index (κ1) is 102. The van der Waals surface area contributed by atoms with Crippen LogP contribution in [0, 0.1) is 11.8 Å². The summed E-state index contributed by atoms with van der Waals surface area (Å²) >= 11 is 0. The van der Waals surface area contributed by atoms with Gasteiger partial charge in [0.25, 0.3) is 0 Å². The second kappa shape index (κ2) is 76.4. The third-order valence-electron chi connectivity index (χ3n) is 20.0. The first-order valence-electron chi connectivity index (χ1n) is 44.0. The van der Waals surface area contributed by atoms with E-state index < -0.39 is 97.5 Å². The molecule has 0 rings (SSSR count). The molecule has 0 aromatic rings. The molecule has 618 valence electrons. The van der Waals surface area contributed by atoms with Crippen molar-refractivity contribution in [3.8, 4) is 0 Å². The molecule has 0 aromatic carbocycles. The fraction of sp³-hybridized carbons (Fsp3) is 0.953. The minimum Gasteiger partial charge on any atom is -0.462 e. The zero-order valence-electron chi connectivity index (χ0n) is 68.3. The molecule has 19 heteroatoms. The maximum Gasteiger partial charge on any atom is 0.472 e. The monoisotopic (exact) mass is 1520 g/mol. The first-order chi connectivity index (χ1) is 50.4. The number of phosphoric acid groups is 2. The number of hydrogen-bond donors (Lipinski definition) is 3. The van der Waals surface area contributed by atoms with E-state index in [2.05, 4.69) is 41.5 Å². The summed E-state index contributed by atoms with van der Waals surface area (Å²) in [5.41, 5.74) is 0. The summed E-state index contributed by atoms with van der Waals surface area (Å²) in [6, 6.07) is 0. The van der Waals surface area contributed by atoms with Gasteiger partial charge in [-0.1, -0.05) is 401 Å². The predicted molar refractivity (Wildman–Crippen MR) is 428 cm³/mol. The van der Waals surface area contributed by atoms with Crippen molar-refractivity contribution in [1.82, 2.24) is 0 Å². The van der Waals surface area contributed by atoms with Crippen LogP contribution >= 0.6 is 15.6 Å². The van der Waals surface area contributed by atoms with Crippen LogP contribution in [0.4, 0.5) is 0 Å². The van der Waals surface area contributed by atoms with Gasteiger partial charge in [0.2, 0.25) is 0 Å². The molecule has 0 aliphatic carbocycles. The summed E-state index contributed by atoms with van der Waals surface area (Å²) in [5, 5.41) is 10.7. The minimum atomic E-state index is -4.97. The lowest BCUT2D eigenvalue weighted by Crippen LogP contribution is -2.30. The smallest absolute Gasteiger partial charge is 0.462 e. The predicted octanol–water partition coefficient (Wildman–Crippen LogP) is 25.8. The maximum atomic E-state index is 13.1. The van der Waals surface area contributed by atoms with Crippen molar-refractivity contribution in [2.45, 2.75) is 471 Å². The van der Waals surface area contributed by atoms with Gasteiger partial charge in [-0.25, -0.2) is 9.13 Å². The van der Waals surface area contributed by atoms with Crippen molar-refractivity contribution in [3.05, 3.63) is 0 Å². The average Bonchev–Trinajstić information content (AvgIpc) is 1.14. The van der Waals surface area contributed by atoms with Gasteiger partial charge in [0.1, 0.15) is 19.3 Å². The van der Waals surface area contributed by atoms with Crippen LogP contribution in [-0.2, 0) is 65.4 Å². The Hall–Kier alpha value is -1.94. The van der Waals surface area contributed by atoms with Crippen LogP contribution in [0.5, 0.6) is 0 Å². The molecule has 0 aliphatic heterocycles. The molecule has 0 aromatic heterocycles. The SMILES string of the molecule is CCCCCCCCCCCCCCCCCCCC(=O)OC[C@H](COP(=O)(O)OC[C@@H](O)COP(=O)(O)OC[C@@H](COC(=O)CCCCCCCCCCC(C)C)OC(=O)CCCCCCCCCCCCCCCCC)OC(=O)CCCCCCCCCCCCCCCCCCCCC(C)C. The van der Waals surface area contributed by atoms with E-state index in [0.29, 0.717) is 25.7 Å². The van der Waals surface area contributed by atoms with E-state index in [1.807, 2.05) is 0 Å². The van der Waals surface area contributed by atoms with Crippen LogP contribution in [0.2, 0.25) is 0 Å². The second-order valence-electron chi connectivity index (χ2n) is 31.5. The Morgan fingerprint density at radius 1 is 0.260 bits per heavy atom. The van der Waals surface area contributed by atoms with E-state index in [-0.39, 0.29) is 25.7 Å². The van der Waals surface area contributed by atoms with Gasteiger partial charge in [-0.3, -0.25) is 37.3 Å². The second-order valence-corrected chi connectivity index (χ2v) is 34.4. The van der Waals surface area contributed by atoms with Gasteiger partial charge in [0.05, 0.1) is 26.4 Å². The lowest BCUT2D eigenvalue weighted by atomic mass is 10.0. The summed E-state index contributed by atoms with van der Waals surface area (Å²) in [6.07, 6.45) is 68.0. The lowest BCUT2D eigenvalue weighted by molar-refractivity contribution is -0.161. The highest BCUT2D eigenvalue weighted by Gasteiger charge is 2.30. The zero-order chi connectivity index (χ0) is 76.4. The van der Waals surface area contributed by atoms with Gasteiger partial charge < -0.3 is 33.8 Å². The number of aliphatic hydroxyl groups is 1. The largest absolute Gasteiger partial charge is 0.472 e. The van der Waals surface area contributed by atoms with Gasteiger partial charge in [-0.2, -0.15) is 0 Å². The maximum absolute atomic E-state index is 13.1. The normalized spacial score (nSPS) is 13.8. The molecule has 0 bridgehead atoms. The summed E-state index contributed by atoms with van der Waals surface area (Å²) in [4.78, 5) is 73.2. The number of phosphoric ester groups is 2. The Bertz CT molecular complexity index is 1990. The van der Waals surface area contributed by atoms with Crippen molar-refractivity contribution in [2.75, 3.05) is 39.6 Å². The first-order valence-corrected chi connectivity index (χ1v) is 47.0. The third kappa shape index (κ3) is 78.2. The molecule has 0 heterocycles. The summed E-state index contributed by atoms with van der Waals surface area (Å²) < 4.78 is 68.9. The standard InChI is InChI=1S/C85H166O17P2/c1-7-9-11-13-15-17-19-21-23-26-31-34-38-42-49-55-61-67-82(87)95-73-80(101-84(89)70-64-58-52-44-40-36-32-28-25-24-27-30-33-37-41-47-53-59-65-77(3)4)75-99-103(91,92)97-71-79(86)72-98-104(93,94)100-76-81(74-96-83(88)68-62-56-50-46-45-48-54-60-66-78(5)6)102-85(90)69-63-57-51-43-39-35-29-22-20-18-16-14-12-10-8-2/h77-81,86H,7-76H2,1-6H3,(H,91,92)(H,93,94)/t79-,80-,81-/m1/s1. The van der Waals surface area contributed by atoms with Crippen LogP contribution in [0.1, 0.15) is 452 Å². The molecule has 0 saturated carbocycles. The van der Waals surface area contributed by atoms with Crippen molar-refractivity contribution in [1.29, 1.82) is 0 Å². The Balaban J connectivity index is 5.24. The fourth-order valence-electron chi connectivity index (χ4n) is 13.2. The molecule has 17 nitrogen and oxygen atoms in total. The zero-order valence-corrected chi connectivity index (χ0v) is 70.1. The van der Waals surface area contributed by atoms with E-state index in [4.69, 9.17) is 37.0 Å². The molecule has 0 radical (unpaired) electrons. The van der Waals surface area contributed by atoms with Crippen molar-refractivity contribution >= 4 is 39.5 Å². The van der Waals surface area contributed by atoms with Gasteiger partial charge >= 0.3 is 39.5 Å². The fourth-order valence-corrected chi connectivity index (χ4v) is 14.8. The number of ether oxygens (including phenoxy) is 4. The number of rotatable bonds is 84. The van der Waals surface area contributed by atoms with Crippen molar-refractivity contribution in [3.63, 3.8) is 0 Å². The quantitative estimate of drug-likeness (QED) is 0.0222. The molecule has 0 saturated heterocycles. The molecule has 104 heavy (non-hydrogen) atoms. The topological polar surface area (TPSA) is 237 Å². The molecule has 0 aliphatic rings. The number of unbranched alkanes of at least 4 members (excludes halogenated alkanes) is 54. The van der Waals surface area contributed by atoms with E-state index in [0.717, 1.165) is 102 Å². The van der Waals surface area contributed by atoms with Crippen LogP contribution in [-0.4, -0.2) is 96.7 Å². The van der Waals surface area contributed by atoms with Gasteiger partial charge in [-0.05, 0) is 37.5 Å².